The van der Waals surface area contributed by atoms with Crippen molar-refractivity contribution in [1.29, 1.82) is 0 Å². The fraction of sp³-hybridized carbons (Fsp3) is 0.429. The number of nitrogens with two attached hydrogens (primary N) is 1. The first-order chi connectivity index (χ1) is 8.99. The van der Waals surface area contributed by atoms with Gasteiger partial charge in [-0.1, -0.05) is 12.2 Å². The Morgan fingerprint density at radius 2 is 2.11 bits per heavy atom. The lowest BCUT2D eigenvalue weighted by molar-refractivity contribution is -0.141. The van der Waals surface area contributed by atoms with E-state index in [1.807, 2.05) is 36.9 Å². The first kappa shape index (κ1) is 15.4. The highest BCUT2D eigenvalue weighted by molar-refractivity contribution is 7.80. The Labute approximate surface area is 119 Å². The molecular weight excluding hydrogens is 260 g/mol. The van der Waals surface area contributed by atoms with Gasteiger partial charge in [-0.25, -0.2) is 0 Å². The molecule has 0 aliphatic rings. The van der Waals surface area contributed by atoms with Gasteiger partial charge in [0.05, 0.1) is 6.61 Å². The summed E-state index contributed by atoms with van der Waals surface area (Å²) in [4.78, 5) is 13.9. The molecule has 0 spiro atoms. The fourth-order valence-corrected chi connectivity index (χ4v) is 2.10. The summed E-state index contributed by atoms with van der Waals surface area (Å²) in [5.41, 5.74) is 8.48. The number of likely N-dealkylation sites (N-methyl/N-ethyl adjacent to an activating group) is 1. The van der Waals surface area contributed by atoms with Gasteiger partial charge < -0.3 is 15.4 Å². The molecule has 0 aliphatic heterocycles. The molecule has 0 radical (unpaired) electrons. The molecular formula is C14H20N2O2S. The topological polar surface area (TPSA) is 55.6 Å². The van der Waals surface area contributed by atoms with E-state index in [4.69, 9.17) is 22.7 Å². The van der Waals surface area contributed by atoms with Crippen LogP contribution in [-0.4, -0.2) is 30.7 Å². The summed E-state index contributed by atoms with van der Waals surface area (Å²) in [5, 5.41) is 0. The minimum absolute atomic E-state index is 0.222. The number of hydrogen-bond acceptors (Lipinski definition) is 4. The third-order valence-electron chi connectivity index (χ3n) is 2.85. The van der Waals surface area contributed by atoms with E-state index in [2.05, 4.69) is 0 Å². The Morgan fingerprint density at radius 3 is 2.58 bits per heavy atom. The molecule has 0 fully saturated rings. The molecule has 104 valence electrons. The van der Waals surface area contributed by atoms with Crippen LogP contribution in [0.1, 0.15) is 25.0 Å². The van der Waals surface area contributed by atoms with Gasteiger partial charge in [0, 0.05) is 17.8 Å². The predicted octanol–water partition coefficient (Wildman–Crippen LogP) is 2.02. The number of thiocarbonyl (C=S) groups is 1. The smallest absolute Gasteiger partial charge is 0.325 e. The van der Waals surface area contributed by atoms with Crippen LogP contribution in [0, 0.1) is 6.92 Å². The summed E-state index contributed by atoms with van der Waals surface area (Å²) >= 11 is 4.98. The lowest BCUT2D eigenvalue weighted by Crippen LogP contribution is -2.31. The van der Waals surface area contributed by atoms with E-state index in [1.54, 1.807) is 6.92 Å². The highest BCUT2D eigenvalue weighted by Gasteiger charge is 2.12. The van der Waals surface area contributed by atoms with E-state index in [0.29, 0.717) is 11.6 Å². The second-order valence-corrected chi connectivity index (χ2v) is 4.62. The van der Waals surface area contributed by atoms with Gasteiger partial charge in [-0.2, -0.15) is 0 Å². The Hall–Kier alpha value is -1.62. The Balaban J connectivity index is 2.90. The van der Waals surface area contributed by atoms with Crippen molar-refractivity contribution < 1.29 is 9.53 Å². The van der Waals surface area contributed by atoms with Gasteiger partial charge in [-0.05, 0) is 44.5 Å². The average molecular weight is 280 g/mol. The van der Waals surface area contributed by atoms with Crippen LogP contribution < -0.4 is 10.6 Å². The van der Waals surface area contributed by atoms with Crippen LogP contribution in [0.25, 0.3) is 0 Å². The Bertz CT molecular complexity index is 475. The highest BCUT2D eigenvalue weighted by Crippen LogP contribution is 2.19. The number of esters is 1. The van der Waals surface area contributed by atoms with Gasteiger partial charge in [-0.3, -0.25) is 4.79 Å². The number of carbonyl (C=O) groups is 1. The lowest BCUT2D eigenvalue weighted by atomic mass is 10.1. The maximum absolute atomic E-state index is 11.5. The number of rotatable bonds is 6. The van der Waals surface area contributed by atoms with Crippen LogP contribution in [0.5, 0.6) is 0 Å². The quantitative estimate of drug-likeness (QED) is 0.638. The van der Waals surface area contributed by atoms with Crippen molar-refractivity contribution in [1.82, 2.24) is 0 Å². The molecule has 0 atom stereocenters. The molecule has 0 saturated heterocycles. The van der Waals surface area contributed by atoms with Crippen molar-refractivity contribution in [3.05, 3.63) is 29.3 Å². The van der Waals surface area contributed by atoms with Gasteiger partial charge in [0.2, 0.25) is 0 Å². The summed E-state index contributed by atoms with van der Waals surface area (Å²) in [6.07, 6.45) is 0. The summed E-state index contributed by atoms with van der Waals surface area (Å²) in [5.74, 6) is -0.222. The molecule has 2 N–H and O–H groups in total. The number of anilines is 1. The lowest BCUT2D eigenvalue weighted by Gasteiger charge is -2.23. The van der Waals surface area contributed by atoms with Crippen LogP contribution in [0.4, 0.5) is 5.69 Å². The van der Waals surface area contributed by atoms with E-state index in [9.17, 15) is 4.79 Å². The molecule has 4 nitrogen and oxygen atoms in total. The summed E-state index contributed by atoms with van der Waals surface area (Å²) in [6, 6.07) is 5.79. The molecule has 1 aromatic rings. The maximum atomic E-state index is 11.5. The SMILES string of the molecule is CCOC(=O)CN(CC)c1ccc(C(N)=S)c(C)c1. The van der Waals surface area contributed by atoms with Crippen molar-refractivity contribution in [3.63, 3.8) is 0 Å². The Morgan fingerprint density at radius 1 is 1.42 bits per heavy atom. The molecule has 0 aliphatic carbocycles. The number of benzene rings is 1. The van der Waals surface area contributed by atoms with Crippen molar-refractivity contribution in [2.75, 3.05) is 24.6 Å². The highest BCUT2D eigenvalue weighted by atomic mass is 32.1. The molecule has 5 heteroatoms. The van der Waals surface area contributed by atoms with Crippen LogP contribution in [0.2, 0.25) is 0 Å². The molecule has 19 heavy (non-hydrogen) atoms. The largest absolute Gasteiger partial charge is 0.465 e. The van der Waals surface area contributed by atoms with Gasteiger partial charge in [0.25, 0.3) is 0 Å². The van der Waals surface area contributed by atoms with Gasteiger partial charge >= 0.3 is 5.97 Å². The summed E-state index contributed by atoms with van der Waals surface area (Å²) < 4.78 is 4.97. The van der Waals surface area contributed by atoms with Crippen molar-refractivity contribution in [2.24, 2.45) is 5.73 Å². The minimum Gasteiger partial charge on any atom is -0.465 e. The van der Waals surface area contributed by atoms with E-state index in [0.717, 1.165) is 23.4 Å². The Kier molecular flexibility index (Phi) is 5.76. The number of carbonyl (C=O) groups excluding carboxylic acids is 1. The summed E-state index contributed by atoms with van der Waals surface area (Å²) in [6.45, 7) is 7.12. The van der Waals surface area contributed by atoms with Crippen molar-refractivity contribution in [3.8, 4) is 0 Å². The normalized spacial score (nSPS) is 10.1. The zero-order valence-corrected chi connectivity index (χ0v) is 12.4. The molecule has 0 bridgehead atoms. The maximum Gasteiger partial charge on any atom is 0.325 e. The molecule has 1 rings (SSSR count). The van der Waals surface area contributed by atoms with Crippen LogP contribution in [-0.2, 0) is 9.53 Å². The van der Waals surface area contributed by atoms with Crippen LogP contribution in [0.3, 0.4) is 0 Å². The van der Waals surface area contributed by atoms with E-state index in [1.165, 1.54) is 0 Å². The van der Waals surface area contributed by atoms with Crippen LogP contribution >= 0.6 is 12.2 Å². The molecule has 0 unspecified atom stereocenters. The van der Waals surface area contributed by atoms with Gasteiger partial charge in [0.1, 0.15) is 11.5 Å². The molecule has 0 aromatic heterocycles. The van der Waals surface area contributed by atoms with Gasteiger partial charge in [0.15, 0.2) is 0 Å². The second-order valence-electron chi connectivity index (χ2n) is 4.18. The third-order valence-corrected chi connectivity index (χ3v) is 3.07. The van der Waals surface area contributed by atoms with Crippen molar-refractivity contribution in [2.45, 2.75) is 20.8 Å². The van der Waals surface area contributed by atoms with E-state index in [-0.39, 0.29) is 12.5 Å². The standard InChI is InChI=1S/C14H20N2O2S/c1-4-16(9-13(17)18-5-2)11-6-7-12(14(15)19)10(3)8-11/h6-8H,4-5,9H2,1-3H3,(H2,15,19). The average Bonchev–Trinajstić information content (AvgIpc) is 2.35. The molecule has 0 saturated carbocycles. The molecule has 0 heterocycles. The monoisotopic (exact) mass is 280 g/mol. The number of ether oxygens (including phenoxy) is 1. The zero-order chi connectivity index (χ0) is 14.4. The fourth-order valence-electron chi connectivity index (χ4n) is 1.87. The third kappa shape index (κ3) is 4.21. The number of aryl methyl sites for hydroxylation is 1. The van der Waals surface area contributed by atoms with Crippen molar-refractivity contribution >= 4 is 28.9 Å². The van der Waals surface area contributed by atoms with E-state index < -0.39 is 0 Å². The predicted molar refractivity (Wildman–Crippen MR) is 81.6 cm³/mol. The van der Waals surface area contributed by atoms with Crippen LogP contribution in [0.15, 0.2) is 18.2 Å². The molecule has 1 aromatic carbocycles. The molecule has 0 amide bonds. The zero-order valence-electron chi connectivity index (χ0n) is 11.6. The van der Waals surface area contributed by atoms with Gasteiger partial charge in [-0.15, -0.1) is 0 Å². The van der Waals surface area contributed by atoms with E-state index >= 15 is 0 Å². The first-order valence-electron chi connectivity index (χ1n) is 6.30. The summed E-state index contributed by atoms with van der Waals surface area (Å²) in [7, 11) is 0. The minimum atomic E-state index is -0.222. The number of nitrogens with zero attached hydrogens (tertiary/aromatic N) is 1. The second kappa shape index (κ2) is 7.09. The number of hydrogen-bond donors (Lipinski definition) is 1. The first-order valence-corrected chi connectivity index (χ1v) is 6.71.